The van der Waals surface area contributed by atoms with Crippen molar-refractivity contribution in [2.24, 2.45) is 11.7 Å². The van der Waals surface area contributed by atoms with Crippen molar-refractivity contribution in [1.29, 1.82) is 0 Å². The molecule has 110 valence electrons. The molecule has 1 aromatic rings. The molecule has 1 amide bonds. The monoisotopic (exact) mass is 278 g/mol. The number of amides is 1. The highest BCUT2D eigenvalue weighted by molar-refractivity contribution is 5.86. The first-order valence-electron chi connectivity index (χ1n) is 7.32. The van der Waals surface area contributed by atoms with Crippen LogP contribution in [0.4, 0.5) is 4.39 Å². The fraction of sp³-hybridized carbons (Fsp3) is 0.562. The molecular formula is C16H23FN2O. The van der Waals surface area contributed by atoms with Crippen LogP contribution in [0.15, 0.2) is 24.3 Å². The lowest BCUT2D eigenvalue weighted by atomic mass is 9.76. The lowest BCUT2D eigenvalue weighted by molar-refractivity contribution is -0.128. The van der Waals surface area contributed by atoms with Crippen molar-refractivity contribution in [2.75, 3.05) is 6.54 Å². The zero-order valence-corrected chi connectivity index (χ0v) is 12.0. The molecule has 3 N–H and O–H groups in total. The Hall–Kier alpha value is -1.42. The van der Waals surface area contributed by atoms with E-state index in [0.29, 0.717) is 24.4 Å². The van der Waals surface area contributed by atoms with Gasteiger partial charge < -0.3 is 11.1 Å². The SMILES string of the molecule is CC1CCCC(N)(C(=O)NCCc2ccccc2F)C1. The van der Waals surface area contributed by atoms with Crippen molar-refractivity contribution in [3.8, 4) is 0 Å². The molecule has 1 aliphatic rings. The van der Waals surface area contributed by atoms with Crippen LogP contribution in [0.1, 0.15) is 38.2 Å². The number of rotatable bonds is 4. The molecule has 4 heteroatoms. The van der Waals surface area contributed by atoms with Crippen LogP contribution in [0.25, 0.3) is 0 Å². The van der Waals surface area contributed by atoms with Crippen LogP contribution in [0.3, 0.4) is 0 Å². The summed E-state index contributed by atoms with van der Waals surface area (Å²) in [6.07, 6.45) is 4.10. The largest absolute Gasteiger partial charge is 0.354 e. The van der Waals surface area contributed by atoms with E-state index in [2.05, 4.69) is 12.2 Å². The Labute approximate surface area is 119 Å². The molecule has 20 heavy (non-hydrogen) atoms. The summed E-state index contributed by atoms with van der Waals surface area (Å²) in [5.74, 6) is 0.168. The second-order valence-corrected chi connectivity index (χ2v) is 5.95. The van der Waals surface area contributed by atoms with Crippen molar-refractivity contribution >= 4 is 5.91 Å². The first-order valence-corrected chi connectivity index (χ1v) is 7.32. The fourth-order valence-electron chi connectivity index (χ4n) is 2.99. The standard InChI is InChI=1S/C16H23FN2O/c1-12-5-4-9-16(18,11-12)15(20)19-10-8-13-6-2-3-7-14(13)17/h2-3,6-7,12H,4-5,8-11,18H2,1H3,(H,19,20). The summed E-state index contributed by atoms with van der Waals surface area (Å²) in [5, 5.41) is 2.86. The van der Waals surface area contributed by atoms with Gasteiger partial charge in [0.1, 0.15) is 5.82 Å². The quantitative estimate of drug-likeness (QED) is 0.888. The minimum Gasteiger partial charge on any atom is -0.354 e. The van der Waals surface area contributed by atoms with Crippen LogP contribution in [0, 0.1) is 11.7 Å². The molecule has 2 rings (SSSR count). The molecule has 0 aliphatic heterocycles. The highest BCUT2D eigenvalue weighted by Crippen LogP contribution is 2.30. The van der Waals surface area contributed by atoms with Gasteiger partial charge in [-0.05, 0) is 36.8 Å². The third-order valence-electron chi connectivity index (χ3n) is 4.12. The van der Waals surface area contributed by atoms with Gasteiger partial charge in [-0.3, -0.25) is 4.79 Å². The number of benzene rings is 1. The van der Waals surface area contributed by atoms with E-state index in [1.54, 1.807) is 18.2 Å². The van der Waals surface area contributed by atoms with Gasteiger partial charge in [0.2, 0.25) is 5.91 Å². The Morgan fingerprint density at radius 2 is 2.25 bits per heavy atom. The second-order valence-electron chi connectivity index (χ2n) is 5.95. The van der Waals surface area contributed by atoms with Gasteiger partial charge in [-0.1, -0.05) is 38.0 Å². The first-order chi connectivity index (χ1) is 9.51. The molecular weight excluding hydrogens is 255 g/mol. The summed E-state index contributed by atoms with van der Waals surface area (Å²) in [5.41, 5.74) is 6.09. The van der Waals surface area contributed by atoms with Gasteiger partial charge in [0.05, 0.1) is 5.54 Å². The van der Waals surface area contributed by atoms with Gasteiger partial charge in [0.25, 0.3) is 0 Å². The van der Waals surface area contributed by atoms with Crippen LogP contribution in [-0.2, 0) is 11.2 Å². The number of carbonyl (C=O) groups is 1. The minimum absolute atomic E-state index is 0.0969. The first kappa shape index (κ1) is 15.0. The Balaban J connectivity index is 1.85. The van der Waals surface area contributed by atoms with E-state index in [9.17, 15) is 9.18 Å². The van der Waals surface area contributed by atoms with Crippen molar-refractivity contribution in [2.45, 2.75) is 44.6 Å². The highest BCUT2D eigenvalue weighted by Gasteiger charge is 2.37. The molecule has 1 aliphatic carbocycles. The van der Waals surface area contributed by atoms with Gasteiger partial charge in [-0.25, -0.2) is 4.39 Å². The van der Waals surface area contributed by atoms with Gasteiger partial charge in [0.15, 0.2) is 0 Å². The molecule has 0 radical (unpaired) electrons. The van der Waals surface area contributed by atoms with E-state index in [1.165, 1.54) is 6.07 Å². The van der Waals surface area contributed by atoms with Crippen LogP contribution in [-0.4, -0.2) is 18.0 Å². The average Bonchev–Trinajstić information content (AvgIpc) is 2.40. The summed E-state index contributed by atoms with van der Waals surface area (Å²) in [7, 11) is 0. The van der Waals surface area contributed by atoms with Crippen LogP contribution >= 0.6 is 0 Å². The zero-order valence-electron chi connectivity index (χ0n) is 12.0. The Kier molecular flexibility index (Phi) is 4.76. The molecule has 0 spiro atoms. The number of carbonyl (C=O) groups excluding carboxylic acids is 1. The molecule has 3 nitrogen and oxygen atoms in total. The number of nitrogens with one attached hydrogen (secondary N) is 1. The highest BCUT2D eigenvalue weighted by atomic mass is 19.1. The maximum atomic E-state index is 13.5. The summed E-state index contributed by atoms with van der Waals surface area (Å²) >= 11 is 0. The van der Waals surface area contributed by atoms with E-state index in [1.807, 2.05) is 0 Å². The smallest absolute Gasteiger partial charge is 0.240 e. The maximum absolute atomic E-state index is 13.5. The molecule has 1 saturated carbocycles. The Morgan fingerprint density at radius 1 is 1.50 bits per heavy atom. The summed E-state index contributed by atoms with van der Waals surface area (Å²) < 4.78 is 13.5. The molecule has 0 bridgehead atoms. The molecule has 2 atom stereocenters. The number of hydrogen-bond donors (Lipinski definition) is 2. The molecule has 1 aromatic carbocycles. The lowest BCUT2D eigenvalue weighted by Gasteiger charge is -2.35. The van der Waals surface area contributed by atoms with E-state index < -0.39 is 5.54 Å². The van der Waals surface area contributed by atoms with Gasteiger partial charge in [-0.2, -0.15) is 0 Å². The topological polar surface area (TPSA) is 55.1 Å². The second kappa shape index (κ2) is 6.35. The van der Waals surface area contributed by atoms with Gasteiger partial charge in [0, 0.05) is 6.54 Å². The van der Waals surface area contributed by atoms with Crippen LogP contribution < -0.4 is 11.1 Å². The summed E-state index contributed by atoms with van der Waals surface area (Å²) in [6, 6.07) is 6.63. The zero-order chi connectivity index (χ0) is 14.6. The Morgan fingerprint density at radius 3 is 2.95 bits per heavy atom. The lowest BCUT2D eigenvalue weighted by Crippen LogP contribution is -2.56. The molecule has 2 unspecified atom stereocenters. The van der Waals surface area contributed by atoms with Crippen molar-refractivity contribution in [3.63, 3.8) is 0 Å². The summed E-state index contributed by atoms with van der Waals surface area (Å²) in [6.45, 7) is 2.56. The van der Waals surface area contributed by atoms with E-state index in [4.69, 9.17) is 5.73 Å². The number of halogens is 1. The Bertz CT molecular complexity index is 477. The fourth-order valence-corrected chi connectivity index (χ4v) is 2.99. The van der Waals surface area contributed by atoms with Crippen molar-refractivity contribution in [3.05, 3.63) is 35.6 Å². The minimum atomic E-state index is -0.743. The van der Waals surface area contributed by atoms with Gasteiger partial charge >= 0.3 is 0 Å². The molecule has 0 aromatic heterocycles. The number of nitrogens with two attached hydrogens (primary N) is 1. The van der Waals surface area contributed by atoms with Crippen LogP contribution in [0.2, 0.25) is 0 Å². The predicted octanol–water partition coefficient (Wildman–Crippen LogP) is 2.39. The number of hydrogen-bond acceptors (Lipinski definition) is 2. The van der Waals surface area contributed by atoms with E-state index in [0.717, 1.165) is 25.7 Å². The molecule has 0 heterocycles. The normalized spacial score (nSPS) is 26.2. The van der Waals surface area contributed by atoms with Gasteiger partial charge in [-0.15, -0.1) is 0 Å². The molecule has 0 saturated heterocycles. The maximum Gasteiger partial charge on any atom is 0.240 e. The van der Waals surface area contributed by atoms with E-state index >= 15 is 0 Å². The van der Waals surface area contributed by atoms with E-state index in [-0.39, 0.29) is 11.7 Å². The van der Waals surface area contributed by atoms with Crippen molar-refractivity contribution < 1.29 is 9.18 Å². The van der Waals surface area contributed by atoms with Crippen molar-refractivity contribution in [1.82, 2.24) is 5.32 Å². The third-order valence-corrected chi connectivity index (χ3v) is 4.12. The molecule has 1 fully saturated rings. The van der Waals surface area contributed by atoms with Crippen LogP contribution in [0.5, 0.6) is 0 Å². The third kappa shape index (κ3) is 3.57. The predicted molar refractivity (Wildman–Crippen MR) is 77.7 cm³/mol. The average molecular weight is 278 g/mol. The summed E-state index contributed by atoms with van der Waals surface area (Å²) in [4.78, 5) is 12.2.